The smallest absolute Gasteiger partial charge is 0.273 e. The predicted octanol–water partition coefficient (Wildman–Crippen LogP) is 2.51. The number of hydrogen-bond acceptors (Lipinski definition) is 4. The third-order valence-electron chi connectivity index (χ3n) is 3.61. The van der Waals surface area contributed by atoms with Gasteiger partial charge in [-0.25, -0.2) is 4.39 Å². The number of nitrogens with one attached hydrogen (secondary N) is 1. The van der Waals surface area contributed by atoms with Gasteiger partial charge in [0.2, 0.25) is 5.91 Å². The molecule has 0 bridgehead atoms. The molecule has 24 heavy (non-hydrogen) atoms. The van der Waals surface area contributed by atoms with E-state index >= 15 is 0 Å². The summed E-state index contributed by atoms with van der Waals surface area (Å²) in [6.07, 6.45) is -1.18. The molecule has 2 aromatic rings. The predicted molar refractivity (Wildman–Crippen MR) is 85.8 cm³/mol. The van der Waals surface area contributed by atoms with Gasteiger partial charge in [-0.15, -0.1) is 0 Å². The molecule has 2 aromatic carbocycles. The molecule has 0 aliphatic carbocycles. The summed E-state index contributed by atoms with van der Waals surface area (Å²) in [5, 5.41) is 23.7. The van der Waals surface area contributed by atoms with Crippen LogP contribution in [-0.4, -0.2) is 22.0 Å². The van der Waals surface area contributed by atoms with Gasteiger partial charge in [-0.2, -0.15) is 0 Å². The number of nitro groups is 1. The lowest BCUT2D eigenvalue weighted by molar-refractivity contribution is -0.385. The zero-order valence-electron chi connectivity index (χ0n) is 13.0. The normalized spacial score (nSPS) is 13.1. The molecule has 6 nitrogen and oxygen atoms in total. The van der Waals surface area contributed by atoms with Crippen LogP contribution < -0.4 is 5.32 Å². The maximum atomic E-state index is 12.9. The van der Waals surface area contributed by atoms with Crippen molar-refractivity contribution in [3.63, 3.8) is 0 Å². The van der Waals surface area contributed by atoms with Crippen LogP contribution >= 0.6 is 0 Å². The Balaban J connectivity index is 2.01. The number of para-hydroxylation sites is 1. The molecule has 7 heteroatoms. The van der Waals surface area contributed by atoms with Gasteiger partial charge in [-0.3, -0.25) is 14.9 Å². The van der Waals surface area contributed by atoms with Gasteiger partial charge >= 0.3 is 0 Å². The first-order chi connectivity index (χ1) is 11.4. The maximum Gasteiger partial charge on any atom is 0.273 e. The Morgan fingerprint density at radius 1 is 1.25 bits per heavy atom. The Bertz CT molecular complexity index is 734. The summed E-state index contributed by atoms with van der Waals surface area (Å²) in [5.74, 6) is -0.864. The Morgan fingerprint density at radius 3 is 2.50 bits per heavy atom. The Kier molecular flexibility index (Phi) is 5.59. The van der Waals surface area contributed by atoms with Crippen LogP contribution in [0.1, 0.15) is 24.2 Å². The minimum absolute atomic E-state index is 0.126. The van der Waals surface area contributed by atoms with E-state index in [4.69, 9.17) is 0 Å². The van der Waals surface area contributed by atoms with E-state index in [0.29, 0.717) is 11.1 Å². The number of nitrogens with zero attached hydrogens (tertiary/aromatic N) is 1. The number of amides is 1. The lowest BCUT2D eigenvalue weighted by Crippen LogP contribution is -2.38. The average Bonchev–Trinajstić information content (AvgIpc) is 2.55. The zero-order chi connectivity index (χ0) is 17.7. The first kappa shape index (κ1) is 17.6. The molecule has 2 unspecified atom stereocenters. The van der Waals surface area contributed by atoms with Crippen molar-refractivity contribution in [2.45, 2.75) is 25.5 Å². The van der Waals surface area contributed by atoms with E-state index < -0.39 is 28.8 Å². The van der Waals surface area contributed by atoms with E-state index in [1.54, 1.807) is 13.0 Å². The molecule has 1 amide bonds. The van der Waals surface area contributed by atoms with E-state index in [0.717, 1.165) is 0 Å². The third kappa shape index (κ3) is 4.36. The molecular weight excluding hydrogens is 315 g/mol. The molecule has 0 aromatic heterocycles. The van der Waals surface area contributed by atoms with Crippen LogP contribution in [0.2, 0.25) is 0 Å². The van der Waals surface area contributed by atoms with Crippen LogP contribution in [0.4, 0.5) is 10.1 Å². The molecule has 0 saturated carbocycles. The standard InChI is InChI=1S/C17H17FN2O4/c1-11(17(22)12-6-8-14(18)9-7-12)19-16(21)10-13-4-2-3-5-15(13)20(23)24/h2-9,11,17,22H,10H2,1H3,(H,19,21). The minimum Gasteiger partial charge on any atom is -0.386 e. The molecule has 0 saturated heterocycles. The molecule has 0 aliphatic rings. The number of hydrogen-bond donors (Lipinski definition) is 2. The summed E-state index contributed by atoms with van der Waals surface area (Å²) in [5.41, 5.74) is 0.637. The van der Waals surface area contributed by atoms with Crippen molar-refractivity contribution in [3.8, 4) is 0 Å². The fourth-order valence-corrected chi connectivity index (χ4v) is 2.34. The van der Waals surface area contributed by atoms with Crippen LogP contribution in [0.3, 0.4) is 0 Å². The highest BCUT2D eigenvalue weighted by atomic mass is 19.1. The van der Waals surface area contributed by atoms with E-state index in [2.05, 4.69) is 5.32 Å². The van der Waals surface area contributed by atoms with E-state index in [9.17, 15) is 24.4 Å². The SMILES string of the molecule is CC(NC(=O)Cc1ccccc1[N+](=O)[O-])C(O)c1ccc(F)cc1. The van der Waals surface area contributed by atoms with E-state index in [1.807, 2.05) is 0 Å². The maximum absolute atomic E-state index is 12.9. The van der Waals surface area contributed by atoms with Crippen LogP contribution in [0.5, 0.6) is 0 Å². The third-order valence-corrected chi connectivity index (χ3v) is 3.61. The Morgan fingerprint density at radius 2 is 1.88 bits per heavy atom. The number of nitro benzene ring substituents is 1. The second kappa shape index (κ2) is 7.65. The molecule has 2 atom stereocenters. The monoisotopic (exact) mass is 332 g/mol. The lowest BCUT2D eigenvalue weighted by atomic mass is 10.0. The van der Waals surface area contributed by atoms with Crippen LogP contribution in [-0.2, 0) is 11.2 Å². The first-order valence-electron chi connectivity index (χ1n) is 7.33. The van der Waals surface area contributed by atoms with E-state index in [1.165, 1.54) is 42.5 Å². The van der Waals surface area contributed by atoms with Gasteiger partial charge in [0.05, 0.1) is 23.5 Å². The highest BCUT2D eigenvalue weighted by Crippen LogP contribution is 2.20. The van der Waals surface area contributed by atoms with Gasteiger partial charge in [0.1, 0.15) is 5.82 Å². The van der Waals surface area contributed by atoms with Gasteiger partial charge in [-0.1, -0.05) is 30.3 Å². The van der Waals surface area contributed by atoms with Gasteiger partial charge < -0.3 is 10.4 Å². The lowest BCUT2D eigenvalue weighted by Gasteiger charge is -2.20. The van der Waals surface area contributed by atoms with Crippen molar-refractivity contribution in [1.82, 2.24) is 5.32 Å². The second-order valence-electron chi connectivity index (χ2n) is 5.42. The molecule has 0 spiro atoms. The summed E-state index contributed by atoms with van der Waals surface area (Å²) in [7, 11) is 0. The summed E-state index contributed by atoms with van der Waals surface area (Å²) < 4.78 is 12.9. The average molecular weight is 332 g/mol. The first-order valence-corrected chi connectivity index (χ1v) is 7.33. The van der Waals surface area contributed by atoms with E-state index in [-0.39, 0.29) is 12.1 Å². The van der Waals surface area contributed by atoms with Crippen molar-refractivity contribution in [2.75, 3.05) is 0 Å². The minimum atomic E-state index is -1.01. The fourth-order valence-electron chi connectivity index (χ4n) is 2.34. The van der Waals surface area contributed by atoms with Crippen molar-refractivity contribution in [2.24, 2.45) is 0 Å². The summed E-state index contributed by atoms with van der Waals surface area (Å²) in [4.78, 5) is 22.5. The number of carbonyl (C=O) groups is 1. The topological polar surface area (TPSA) is 92.5 Å². The van der Waals surface area contributed by atoms with Gasteiger partial charge in [0, 0.05) is 11.6 Å². The number of benzene rings is 2. The molecule has 2 rings (SSSR count). The fraction of sp³-hybridized carbons (Fsp3) is 0.235. The molecule has 126 valence electrons. The number of aliphatic hydroxyl groups is 1. The van der Waals surface area contributed by atoms with Crippen molar-refractivity contribution in [1.29, 1.82) is 0 Å². The van der Waals surface area contributed by atoms with Crippen molar-refractivity contribution in [3.05, 3.63) is 75.6 Å². The summed E-state index contributed by atoms with van der Waals surface area (Å²) >= 11 is 0. The summed E-state index contributed by atoms with van der Waals surface area (Å²) in [6, 6.07) is 10.7. The van der Waals surface area contributed by atoms with Crippen molar-refractivity contribution >= 4 is 11.6 Å². The molecule has 2 N–H and O–H groups in total. The Labute approximate surface area is 138 Å². The highest BCUT2D eigenvalue weighted by molar-refractivity contribution is 5.80. The molecular formula is C17H17FN2O4. The van der Waals surface area contributed by atoms with Crippen molar-refractivity contribution < 1.29 is 19.2 Å². The van der Waals surface area contributed by atoms with Crippen LogP contribution in [0.25, 0.3) is 0 Å². The Hall–Kier alpha value is -2.80. The van der Waals surface area contributed by atoms with Crippen LogP contribution in [0.15, 0.2) is 48.5 Å². The van der Waals surface area contributed by atoms with Gasteiger partial charge in [0.15, 0.2) is 0 Å². The van der Waals surface area contributed by atoms with Gasteiger partial charge in [-0.05, 0) is 24.6 Å². The number of aliphatic hydroxyl groups excluding tert-OH is 1. The molecule has 0 aliphatic heterocycles. The summed E-state index contributed by atoms with van der Waals surface area (Å²) in [6.45, 7) is 1.60. The van der Waals surface area contributed by atoms with Crippen LogP contribution in [0, 0.1) is 15.9 Å². The molecule has 0 radical (unpaired) electrons. The quantitative estimate of drug-likeness (QED) is 0.628. The number of carbonyl (C=O) groups excluding carboxylic acids is 1. The molecule has 0 heterocycles. The number of halogens is 1. The highest BCUT2D eigenvalue weighted by Gasteiger charge is 2.21. The van der Waals surface area contributed by atoms with Gasteiger partial charge in [0.25, 0.3) is 5.69 Å². The number of rotatable bonds is 6. The largest absolute Gasteiger partial charge is 0.386 e. The second-order valence-corrected chi connectivity index (χ2v) is 5.42. The zero-order valence-corrected chi connectivity index (χ0v) is 13.0. The molecule has 0 fully saturated rings.